The van der Waals surface area contributed by atoms with E-state index in [1.165, 1.54) is 0 Å². The molecule has 0 bridgehead atoms. The van der Waals surface area contributed by atoms with Gasteiger partial charge in [-0.05, 0) is 36.4 Å². The molecule has 0 spiro atoms. The van der Waals surface area contributed by atoms with E-state index in [0.717, 1.165) is 22.8 Å². The molecule has 0 radical (unpaired) electrons. The van der Waals surface area contributed by atoms with Gasteiger partial charge in [0, 0.05) is 5.41 Å². The van der Waals surface area contributed by atoms with Crippen LogP contribution >= 0.6 is 0 Å². The van der Waals surface area contributed by atoms with Crippen molar-refractivity contribution in [1.82, 2.24) is 15.0 Å². The SMILES string of the molecule is CC(C)(C)c1cnnn1-c1ccc(N=Nc2ccccc2)cc1. The molecule has 0 unspecified atom stereocenters. The molecule has 0 fully saturated rings. The van der Waals surface area contributed by atoms with Crippen LogP contribution in [0.2, 0.25) is 0 Å². The minimum absolute atomic E-state index is 0.0187. The van der Waals surface area contributed by atoms with Crippen molar-refractivity contribution in [2.45, 2.75) is 26.2 Å². The van der Waals surface area contributed by atoms with Crippen LogP contribution in [0.5, 0.6) is 0 Å². The van der Waals surface area contributed by atoms with Gasteiger partial charge in [-0.2, -0.15) is 10.2 Å². The van der Waals surface area contributed by atoms with Crippen LogP contribution in [0, 0.1) is 0 Å². The Bertz CT molecular complexity index is 795. The Morgan fingerprint density at radius 1 is 0.826 bits per heavy atom. The molecule has 0 amide bonds. The van der Waals surface area contributed by atoms with Gasteiger partial charge in [0.1, 0.15) is 0 Å². The van der Waals surface area contributed by atoms with E-state index < -0.39 is 0 Å². The van der Waals surface area contributed by atoms with Gasteiger partial charge < -0.3 is 0 Å². The molecule has 5 heteroatoms. The fourth-order valence-electron chi connectivity index (χ4n) is 2.21. The van der Waals surface area contributed by atoms with Gasteiger partial charge in [0.05, 0.1) is 29.0 Å². The van der Waals surface area contributed by atoms with Crippen molar-refractivity contribution in [3.05, 3.63) is 66.5 Å². The molecule has 3 rings (SSSR count). The zero-order valence-electron chi connectivity index (χ0n) is 13.5. The number of azo groups is 1. The maximum absolute atomic E-state index is 4.25. The molecule has 0 atom stereocenters. The molecule has 116 valence electrons. The third-order valence-electron chi connectivity index (χ3n) is 3.45. The van der Waals surface area contributed by atoms with Crippen molar-refractivity contribution in [3.8, 4) is 5.69 Å². The van der Waals surface area contributed by atoms with Gasteiger partial charge in [-0.3, -0.25) is 0 Å². The van der Waals surface area contributed by atoms with Crippen LogP contribution in [0.4, 0.5) is 11.4 Å². The van der Waals surface area contributed by atoms with Crippen molar-refractivity contribution >= 4 is 11.4 Å². The van der Waals surface area contributed by atoms with Crippen LogP contribution in [0.1, 0.15) is 26.5 Å². The third-order valence-corrected chi connectivity index (χ3v) is 3.45. The lowest BCUT2D eigenvalue weighted by Gasteiger charge is -2.19. The van der Waals surface area contributed by atoms with Crippen LogP contribution in [0.15, 0.2) is 71.0 Å². The molecule has 0 aliphatic rings. The van der Waals surface area contributed by atoms with Crippen molar-refractivity contribution in [2.24, 2.45) is 10.2 Å². The summed E-state index contributed by atoms with van der Waals surface area (Å²) >= 11 is 0. The second-order valence-corrected chi connectivity index (χ2v) is 6.33. The number of rotatable bonds is 3. The van der Waals surface area contributed by atoms with Crippen LogP contribution in [-0.4, -0.2) is 15.0 Å². The number of benzene rings is 2. The molecule has 0 saturated heterocycles. The quantitative estimate of drug-likeness (QED) is 0.641. The average molecular weight is 305 g/mol. The number of hydrogen-bond acceptors (Lipinski definition) is 4. The first-order valence-electron chi connectivity index (χ1n) is 7.52. The maximum atomic E-state index is 4.25. The molecule has 0 aliphatic carbocycles. The van der Waals surface area contributed by atoms with Crippen molar-refractivity contribution in [3.63, 3.8) is 0 Å². The van der Waals surface area contributed by atoms with E-state index in [1.54, 1.807) is 0 Å². The summed E-state index contributed by atoms with van der Waals surface area (Å²) in [7, 11) is 0. The predicted molar refractivity (Wildman–Crippen MR) is 90.7 cm³/mol. The van der Waals surface area contributed by atoms with Gasteiger partial charge >= 0.3 is 0 Å². The van der Waals surface area contributed by atoms with Gasteiger partial charge in [0.2, 0.25) is 0 Å². The molecular formula is C18H19N5. The summed E-state index contributed by atoms with van der Waals surface area (Å²) in [6, 6.07) is 17.5. The molecule has 1 aromatic heterocycles. The van der Waals surface area contributed by atoms with Crippen molar-refractivity contribution < 1.29 is 0 Å². The van der Waals surface area contributed by atoms with E-state index in [1.807, 2.05) is 65.5 Å². The summed E-state index contributed by atoms with van der Waals surface area (Å²) in [6.07, 6.45) is 1.81. The Morgan fingerprint density at radius 3 is 2.04 bits per heavy atom. The highest BCUT2D eigenvalue weighted by Gasteiger charge is 2.20. The lowest BCUT2D eigenvalue weighted by Crippen LogP contribution is -2.17. The van der Waals surface area contributed by atoms with Gasteiger partial charge in [-0.25, -0.2) is 4.68 Å². The van der Waals surface area contributed by atoms with Crippen LogP contribution in [0.25, 0.3) is 5.69 Å². The minimum Gasteiger partial charge on any atom is -0.217 e. The Hall–Kier alpha value is -2.82. The lowest BCUT2D eigenvalue weighted by molar-refractivity contribution is 0.542. The van der Waals surface area contributed by atoms with Gasteiger partial charge in [-0.15, -0.1) is 5.10 Å². The molecule has 0 N–H and O–H groups in total. The van der Waals surface area contributed by atoms with Crippen LogP contribution in [0.3, 0.4) is 0 Å². The van der Waals surface area contributed by atoms with Gasteiger partial charge in [0.25, 0.3) is 0 Å². The number of nitrogens with zero attached hydrogens (tertiary/aromatic N) is 5. The topological polar surface area (TPSA) is 55.4 Å². The minimum atomic E-state index is -0.0187. The summed E-state index contributed by atoms with van der Waals surface area (Å²) < 4.78 is 1.86. The maximum Gasteiger partial charge on any atom is 0.0858 e. The number of hydrogen-bond donors (Lipinski definition) is 0. The molecule has 0 aliphatic heterocycles. The van der Waals surface area contributed by atoms with Crippen molar-refractivity contribution in [2.75, 3.05) is 0 Å². The highest BCUT2D eigenvalue weighted by molar-refractivity contribution is 5.45. The highest BCUT2D eigenvalue weighted by Crippen LogP contribution is 2.25. The summed E-state index contributed by atoms with van der Waals surface area (Å²) in [6.45, 7) is 6.43. The van der Waals surface area contributed by atoms with Gasteiger partial charge in [-0.1, -0.05) is 44.2 Å². The van der Waals surface area contributed by atoms with E-state index in [4.69, 9.17) is 0 Å². The smallest absolute Gasteiger partial charge is 0.0858 e. The van der Waals surface area contributed by atoms with Crippen LogP contribution < -0.4 is 0 Å². The van der Waals surface area contributed by atoms with E-state index in [-0.39, 0.29) is 5.41 Å². The second-order valence-electron chi connectivity index (χ2n) is 6.33. The third kappa shape index (κ3) is 3.51. The molecule has 23 heavy (non-hydrogen) atoms. The Balaban J connectivity index is 1.83. The van der Waals surface area contributed by atoms with Crippen molar-refractivity contribution in [1.29, 1.82) is 0 Å². The summed E-state index contributed by atoms with van der Waals surface area (Å²) in [5, 5.41) is 16.7. The van der Waals surface area contributed by atoms with Crippen LogP contribution in [-0.2, 0) is 5.41 Å². The number of aromatic nitrogens is 3. The molecular weight excluding hydrogens is 286 g/mol. The largest absolute Gasteiger partial charge is 0.217 e. The molecule has 5 nitrogen and oxygen atoms in total. The van der Waals surface area contributed by atoms with E-state index in [0.29, 0.717) is 0 Å². The summed E-state index contributed by atoms with van der Waals surface area (Å²) in [4.78, 5) is 0. The first kappa shape index (κ1) is 15.1. The van der Waals surface area contributed by atoms with E-state index >= 15 is 0 Å². The monoisotopic (exact) mass is 305 g/mol. The van der Waals surface area contributed by atoms with E-state index in [2.05, 4.69) is 41.3 Å². The second kappa shape index (κ2) is 6.12. The average Bonchev–Trinajstić information content (AvgIpc) is 3.04. The standard InChI is InChI=1S/C18H19N5/c1-18(2,3)17-13-19-22-23(17)16-11-9-15(10-12-16)21-20-14-7-5-4-6-8-14/h4-13H,1-3H3. The molecule has 2 aromatic carbocycles. The first-order chi connectivity index (χ1) is 11.0. The highest BCUT2D eigenvalue weighted by atomic mass is 15.4. The Kier molecular flexibility index (Phi) is 4.02. The Labute approximate surface area is 135 Å². The summed E-state index contributed by atoms with van der Waals surface area (Å²) in [5.74, 6) is 0. The molecule has 1 heterocycles. The summed E-state index contributed by atoms with van der Waals surface area (Å²) in [5.41, 5.74) is 3.65. The van der Waals surface area contributed by atoms with E-state index in [9.17, 15) is 0 Å². The zero-order valence-corrected chi connectivity index (χ0v) is 13.5. The fourth-order valence-corrected chi connectivity index (χ4v) is 2.21. The fraction of sp³-hybridized carbons (Fsp3) is 0.222. The Morgan fingerprint density at radius 2 is 1.43 bits per heavy atom. The zero-order chi connectivity index (χ0) is 16.3. The van der Waals surface area contributed by atoms with Gasteiger partial charge in [0.15, 0.2) is 0 Å². The first-order valence-corrected chi connectivity index (χ1v) is 7.52. The predicted octanol–water partition coefficient (Wildman–Crippen LogP) is 4.98. The molecule has 3 aromatic rings. The normalized spacial score (nSPS) is 12.0. The molecule has 0 saturated carbocycles. The lowest BCUT2D eigenvalue weighted by atomic mass is 9.92.